The normalized spacial score (nSPS) is 17.6. The molecule has 1 fully saturated rings. The lowest BCUT2D eigenvalue weighted by atomic mass is 10.0. The maximum Gasteiger partial charge on any atom is 0.387 e. The molecular weight excluding hydrogens is 306 g/mol. The van der Waals surface area contributed by atoms with Crippen molar-refractivity contribution >= 4 is 11.3 Å². The molecule has 0 unspecified atom stereocenters. The number of ether oxygens (including phenoxy) is 1. The zero-order valence-electron chi connectivity index (χ0n) is 12.0. The second kappa shape index (κ2) is 7.17. The van der Waals surface area contributed by atoms with Gasteiger partial charge in [0.1, 0.15) is 5.75 Å². The molecule has 2 aromatic rings. The van der Waals surface area contributed by atoms with Crippen LogP contribution in [0.25, 0.3) is 0 Å². The van der Waals surface area contributed by atoms with E-state index in [1.165, 1.54) is 4.88 Å². The third kappa shape index (κ3) is 3.63. The molecule has 0 radical (unpaired) electrons. The summed E-state index contributed by atoms with van der Waals surface area (Å²) in [5.74, 6) is 0.212. The molecule has 1 aromatic carbocycles. The van der Waals surface area contributed by atoms with E-state index >= 15 is 0 Å². The van der Waals surface area contributed by atoms with Crippen molar-refractivity contribution in [2.45, 2.75) is 12.7 Å². The average Bonchev–Trinajstić information content (AvgIpc) is 3.02. The van der Waals surface area contributed by atoms with E-state index in [4.69, 9.17) is 0 Å². The molecule has 0 aliphatic carbocycles. The number of thiophene rings is 1. The highest BCUT2D eigenvalue weighted by Gasteiger charge is 2.25. The van der Waals surface area contributed by atoms with E-state index in [0.717, 1.165) is 31.7 Å². The van der Waals surface area contributed by atoms with Crippen LogP contribution in [-0.2, 0) is 0 Å². The predicted molar refractivity (Wildman–Crippen MR) is 83.7 cm³/mol. The fourth-order valence-corrected chi connectivity index (χ4v) is 3.69. The summed E-state index contributed by atoms with van der Waals surface area (Å²) >= 11 is 1.69. The summed E-state index contributed by atoms with van der Waals surface area (Å²) in [6.45, 7) is 0.949. The van der Waals surface area contributed by atoms with Crippen LogP contribution < -0.4 is 10.1 Å². The first-order valence-corrected chi connectivity index (χ1v) is 8.15. The molecule has 1 aromatic heterocycles. The third-order valence-corrected chi connectivity index (χ3v) is 4.65. The number of hydrogen-bond acceptors (Lipinski definition) is 4. The zero-order chi connectivity index (χ0) is 15.4. The topological polar surface area (TPSA) is 24.5 Å². The van der Waals surface area contributed by atoms with Gasteiger partial charge in [-0.3, -0.25) is 4.90 Å². The van der Waals surface area contributed by atoms with Gasteiger partial charge in [-0.15, -0.1) is 11.3 Å². The molecule has 0 spiro atoms. The monoisotopic (exact) mass is 324 g/mol. The summed E-state index contributed by atoms with van der Waals surface area (Å²) in [7, 11) is 0. The molecular formula is C16H18F2N2OS. The Balaban J connectivity index is 1.91. The average molecular weight is 324 g/mol. The minimum absolute atomic E-state index is 0.0864. The van der Waals surface area contributed by atoms with E-state index in [-0.39, 0.29) is 11.8 Å². The standard InChI is InChI=1S/C16H18F2N2OS/c17-16(18)21-13-4-1-3-12(11-13)15(14-5-2-10-22-14)20-8-6-19-7-9-20/h1-5,10-11,15-16,19H,6-9H2/t15-/m0/s1. The maximum atomic E-state index is 12.4. The first-order valence-electron chi connectivity index (χ1n) is 7.27. The van der Waals surface area contributed by atoms with Gasteiger partial charge in [-0.2, -0.15) is 8.78 Å². The molecule has 1 atom stereocenters. The Bertz CT molecular complexity index is 586. The van der Waals surface area contributed by atoms with Crippen molar-refractivity contribution in [2.24, 2.45) is 0 Å². The number of hydrogen-bond donors (Lipinski definition) is 1. The summed E-state index contributed by atoms with van der Waals surface area (Å²) in [5.41, 5.74) is 0.988. The van der Waals surface area contributed by atoms with E-state index in [0.29, 0.717) is 0 Å². The number of benzene rings is 1. The Morgan fingerprint density at radius 2 is 1.95 bits per heavy atom. The van der Waals surface area contributed by atoms with E-state index in [1.54, 1.807) is 29.5 Å². The van der Waals surface area contributed by atoms with E-state index in [9.17, 15) is 8.78 Å². The van der Waals surface area contributed by atoms with Crippen molar-refractivity contribution in [1.82, 2.24) is 10.2 Å². The summed E-state index contributed by atoms with van der Waals surface area (Å²) in [6, 6.07) is 11.2. The molecule has 1 aliphatic rings. The van der Waals surface area contributed by atoms with Crippen LogP contribution in [0.5, 0.6) is 5.75 Å². The van der Waals surface area contributed by atoms with Crippen molar-refractivity contribution in [3.05, 3.63) is 52.2 Å². The van der Waals surface area contributed by atoms with E-state index < -0.39 is 6.61 Å². The minimum atomic E-state index is -2.80. The van der Waals surface area contributed by atoms with Crippen LogP contribution in [0.3, 0.4) is 0 Å². The Morgan fingerprint density at radius 3 is 2.64 bits per heavy atom. The van der Waals surface area contributed by atoms with Crippen LogP contribution in [-0.4, -0.2) is 37.7 Å². The molecule has 1 N–H and O–H groups in total. The molecule has 3 nitrogen and oxygen atoms in total. The second-order valence-electron chi connectivity index (χ2n) is 5.15. The maximum absolute atomic E-state index is 12.4. The lowest BCUT2D eigenvalue weighted by Gasteiger charge is -2.34. The van der Waals surface area contributed by atoms with Gasteiger partial charge in [0.25, 0.3) is 0 Å². The van der Waals surface area contributed by atoms with Gasteiger partial charge >= 0.3 is 6.61 Å². The number of piperazine rings is 1. The van der Waals surface area contributed by atoms with Crippen molar-refractivity contribution in [3.63, 3.8) is 0 Å². The molecule has 118 valence electrons. The van der Waals surface area contributed by atoms with Crippen molar-refractivity contribution < 1.29 is 13.5 Å². The molecule has 22 heavy (non-hydrogen) atoms. The molecule has 1 saturated heterocycles. The van der Waals surface area contributed by atoms with Crippen LogP contribution in [0, 0.1) is 0 Å². The number of rotatable bonds is 5. The van der Waals surface area contributed by atoms with Crippen molar-refractivity contribution in [2.75, 3.05) is 26.2 Å². The van der Waals surface area contributed by atoms with Gasteiger partial charge in [-0.25, -0.2) is 0 Å². The lowest BCUT2D eigenvalue weighted by molar-refractivity contribution is -0.0499. The van der Waals surface area contributed by atoms with E-state index in [1.807, 2.05) is 17.5 Å². The molecule has 0 amide bonds. The molecule has 0 bridgehead atoms. The highest BCUT2D eigenvalue weighted by atomic mass is 32.1. The summed E-state index contributed by atoms with van der Waals surface area (Å²) in [4.78, 5) is 3.60. The van der Waals surface area contributed by atoms with Gasteiger partial charge in [-0.1, -0.05) is 18.2 Å². The minimum Gasteiger partial charge on any atom is -0.435 e. The number of alkyl halides is 2. The molecule has 6 heteroatoms. The van der Waals surface area contributed by atoms with Crippen molar-refractivity contribution in [3.8, 4) is 5.75 Å². The van der Waals surface area contributed by atoms with Crippen LogP contribution in [0.15, 0.2) is 41.8 Å². The smallest absolute Gasteiger partial charge is 0.387 e. The van der Waals surface area contributed by atoms with E-state index in [2.05, 4.69) is 21.0 Å². The largest absolute Gasteiger partial charge is 0.435 e. The molecule has 2 heterocycles. The third-order valence-electron chi connectivity index (χ3n) is 3.73. The number of halogens is 2. The molecule has 1 aliphatic heterocycles. The molecule has 3 rings (SSSR count). The van der Waals surface area contributed by atoms with Gasteiger partial charge < -0.3 is 10.1 Å². The van der Waals surface area contributed by atoms with Gasteiger partial charge in [0.15, 0.2) is 0 Å². The Labute approximate surface area is 132 Å². The van der Waals surface area contributed by atoms with Crippen LogP contribution in [0.2, 0.25) is 0 Å². The summed E-state index contributed by atoms with van der Waals surface area (Å²) < 4.78 is 29.4. The Morgan fingerprint density at radius 1 is 1.14 bits per heavy atom. The number of nitrogens with one attached hydrogen (secondary N) is 1. The summed E-state index contributed by atoms with van der Waals surface area (Å²) in [5, 5.41) is 5.39. The quantitative estimate of drug-likeness (QED) is 0.913. The van der Waals surface area contributed by atoms with Gasteiger partial charge in [0.05, 0.1) is 6.04 Å². The molecule has 0 saturated carbocycles. The highest BCUT2D eigenvalue weighted by Crippen LogP contribution is 2.33. The first kappa shape index (κ1) is 15.4. The SMILES string of the molecule is FC(F)Oc1cccc([C@@H](c2cccs2)N2CCNCC2)c1. The predicted octanol–water partition coefficient (Wildman–Crippen LogP) is 3.34. The van der Waals surface area contributed by atoms with Gasteiger partial charge in [0.2, 0.25) is 0 Å². The Kier molecular flexibility index (Phi) is 5.02. The fraction of sp³-hybridized carbons (Fsp3) is 0.375. The Hall–Kier alpha value is -1.50. The fourth-order valence-electron chi connectivity index (χ4n) is 2.80. The van der Waals surface area contributed by atoms with Crippen LogP contribution in [0.4, 0.5) is 8.78 Å². The number of nitrogens with zero attached hydrogens (tertiary/aromatic N) is 1. The van der Waals surface area contributed by atoms with Gasteiger partial charge in [-0.05, 0) is 29.1 Å². The van der Waals surface area contributed by atoms with Gasteiger partial charge in [0, 0.05) is 31.1 Å². The highest BCUT2D eigenvalue weighted by molar-refractivity contribution is 7.10. The lowest BCUT2D eigenvalue weighted by Crippen LogP contribution is -2.45. The first-order chi connectivity index (χ1) is 10.7. The van der Waals surface area contributed by atoms with Crippen LogP contribution >= 0.6 is 11.3 Å². The zero-order valence-corrected chi connectivity index (χ0v) is 12.9. The van der Waals surface area contributed by atoms with Crippen LogP contribution in [0.1, 0.15) is 16.5 Å². The summed E-state index contributed by atoms with van der Waals surface area (Å²) in [6.07, 6.45) is 0. The second-order valence-corrected chi connectivity index (χ2v) is 6.13. The van der Waals surface area contributed by atoms with Crippen molar-refractivity contribution in [1.29, 1.82) is 0 Å².